The van der Waals surface area contributed by atoms with Crippen LogP contribution in [0.4, 0.5) is 5.69 Å². The molecule has 0 unspecified atom stereocenters. The standard InChI is InChI=1S/C26H31N5O3S/c32-25(18-20-11-13-23(14-12-20)35(33,34)30-15-4-2-5-16-30)27-22-9-7-8-21(19-22)26-29-28-24-10-3-1-6-17-31(24)26/h7-9,11-14,19H,1-6,10,15-18H2,(H,27,32). The van der Waals surface area contributed by atoms with Crippen molar-refractivity contribution in [3.63, 3.8) is 0 Å². The predicted molar refractivity (Wildman–Crippen MR) is 134 cm³/mol. The fraction of sp³-hybridized carbons (Fsp3) is 0.423. The molecule has 0 saturated carbocycles. The lowest BCUT2D eigenvalue weighted by molar-refractivity contribution is -0.115. The zero-order chi connectivity index (χ0) is 24.3. The minimum absolute atomic E-state index is 0.158. The molecule has 2 aliphatic rings. The van der Waals surface area contributed by atoms with Gasteiger partial charge in [0.25, 0.3) is 0 Å². The summed E-state index contributed by atoms with van der Waals surface area (Å²) < 4.78 is 29.4. The Labute approximate surface area is 206 Å². The number of carbonyl (C=O) groups is 1. The van der Waals surface area contributed by atoms with E-state index in [1.54, 1.807) is 28.6 Å². The van der Waals surface area contributed by atoms with Crippen molar-refractivity contribution in [2.24, 2.45) is 0 Å². The van der Waals surface area contributed by atoms with E-state index in [2.05, 4.69) is 20.1 Å². The largest absolute Gasteiger partial charge is 0.326 e. The molecule has 184 valence electrons. The van der Waals surface area contributed by atoms with Crippen molar-refractivity contribution in [3.8, 4) is 11.4 Å². The molecule has 2 aliphatic heterocycles. The highest BCUT2D eigenvalue weighted by atomic mass is 32.2. The van der Waals surface area contributed by atoms with Crippen LogP contribution in [0.25, 0.3) is 11.4 Å². The first kappa shape index (κ1) is 23.7. The zero-order valence-electron chi connectivity index (χ0n) is 19.8. The van der Waals surface area contributed by atoms with E-state index >= 15 is 0 Å². The van der Waals surface area contributed by atoms with Crippen molar-refractivity contribution in [3.05, 3.63) is 59.9 Å². The number of aryl methyl sites for hydroxylation is 1. The number of fused-ring (bicyclic) bond motifs is 1. The van der Waals surface area contributed by atoms with Gasteiger partial charge in [-0.2, -0.15) is 4.31 Å². The smallest absolute Gasteiger partial charge is 0.243 e. The molecule has 3 heterocycles. The van der Waals surface area contributed by atoms with Crippen LogP contribution in [0.15, 0.2) is 53.4 Å². The van der Waals surface area contributed by atoms with Crippen LogP contribution in [0.5, 0.6) is 0 Å². The lowest BCUT2D eigenvalue weighted by Crippen LogP contribution is -2.35. The number of benzene rings is 2. The Balaban J connectivity index is 1.24. The summed E-state index contributed by atoms with van der Waals surface area (Å²) in [5.41, 5.74) is 2.39. The van der Waals surface area contributed by atoms with Gasteiger partial charge in [0.05, 0.1) is 11.3 Å². The fourth-order valence-corrected chi connectivity index (χ4v) is 6.38. The number of piperidine rings is 1. The van der Waals surface area contributed by atoms with Gasteiger partial charge in [-0.25, -0.2) is 8.42 Å². The summed E-state index contributed by atoms with van der Waals surface area (Å²) in [6.45, 7) is 2.06. The van der Waals surface area contributed by atoms with Crippen LogP contribution in [-0.4, -0.2) is 46.5 Å². The number of hydrogen-bond donors (Lipinski definition) is 1. The van der Waals surface area contributed by atoms with Gasteiger partial charge in [0.1, 0.15) is 5.82 Å². The minimum Gasteiger partial charge on any atom is -0.326 e. The van der Waals surface area contributed by atoms with E-state index in [1.165, 1.54) is 6.42 Å². The Morgan fingerprint density at radius 2 is 1.63 bits per heavy atom. The molecule has 0 atom stereocenters. The number of rotatable bonds is 6. The molecule has 0 aliphatic carbocycles. The summed E-state index contributed by atoms with van der Waals surface area (Å²) in [6, 6.07) is 14.3. The molecule has 5 rings (SSSR count). The molecular formula is C26H31N5O3S. The third-order valence-corrected chi connectivity index (χ3v) is 8.67. The monoisotopic (exact) mass is 493 g/mol. The van der Waals surface area contributed by atoms with Gasteiger partial charge in [0, 0.05) is 37.3 Å². The second-order valence-corrected chi connectivity index (χ2v) is 11.3. The molecule has 1 amide bonds. The van der Waals surface area contributed by atoms with E-state index in [-0.39, 0.29) is 17.2 Å². The zero-order valence-corrected chi connectivity index (χ0v) is 20.6. The molecule has 3 aromatic rings. The number of carbonyl (C=O) groups excluding carboxylic acids is 1. The van der Waals surface area contributed by atoms with E-state index in [4.69, 9.17) is 0 Å². The van der Waals surface area contributed by atoms with Crippen molar-refractivity contribution < 1.29 is 13.2 Å². The SMILES string of the molecule is O=C(Cc1ccc(S(=O)(=O)N2CCCCC2)cc1)Nc1cccc(-c2nnc3n2CCCCC3)c1. The molecule has 0 spiro atoms. The first-order valence-corrected chi connectivity index (χ1v) is 13.9. The molecule has 0 bridgehead atoms. The number of hydrogen-bond acceptors (Lipinski definition) is 5. The van der Waals surface area contributed by atoms with Crippen LogP contribution in [0.3, 0.4) is 0 Å². The lowest BCUT2D eigenvalue weighted by atomic mass is 10.1. The second-order valence-electron chi connectivity index (χ2n) is 9.32. The molecule has 1 aromatic heterocycles. The second kappa shape index (κ2) is 10.3. The number of amides is 1. The fourth-order valence-electron chi connectivity index (χ4n) is 4.86. The molecule has 8 nitrogen and oxygen atoms in total. The van der Waals surface area contributed by atoms with Gasteiger partial charge >= 0.3 is 0 Å². The maximum Gasteiger partial charge on any atom is 0.243 e. The Hall–Kier alpha value is -3.04. The normalized spacial score (nSPS) is 16.9. The Bertz CT molecular complexity index is 1290. The van der Waals surface area contributed by atoms with Crippen molar-refractivity contribution >= 4 is 21.6 Å². The van der Waals surface area contributed by atoms with Crippen molar-refractivity contribution in [2.45, 2.75) is 62.8 Å². The van der Waals surface area contributed by atoms with E-state index in [9.17, 15) is 13.2 Å². The van der Waals surface area contributed by atoms with Crippen LogP contribution in [0.2, 0.25) is 0 Å². The number of nitrogens with zero attached hydrogens (tertiary/aromatic N) is 4. The third-order valence-electron chi connectivity index (χ3n) is 6.75. The molecule has 0 radical (unpaired) electrons. The Morgan fingerprint density at radius 1 is 0.886 bits per heavy atom. The topological polar surface area (TPSA) is 97.2 Å². The highest BCUT2D eigenvalue weighted by molar-refractivity contribution is 7.89. The Morgan fingerprint density at radius 3 is 2.43 bits per heavy atom. The number of nitrogens with one attached hydrogen (secondary N) is 1. The van der Waals surface area contributed by atoms with E-state index in [1.807, 2.05) is 24.3 Å². The first-order valence-electron chi connectivity index (χ1n) is 12.4. The summed E-state index contributed by atoms with van der Waals surface area (Å²) >= 11 is 0. The van der Waals surface area contributed by atoms with Gasteiger partial charge < -0.3 is 9.88 Å². The highest BCUT2D eigenvalue weighted by Gasteiger charge is 2.25. The molecule has 1 saturated heterocycles. The number of aromatic nitrogens is 3. The van der Waals surface area contributed by atoms with E-state index in [0.29, 0.717) is 18.8 Å². The number of sulfonamides is 1. The van der Waals surface area contributed by atoms with Crippen LogP contribution in [-0.2, 0) is 34.2 Å². The van der Waals surface area contributed by atoms with Crippen molar-refractivity contribution in [2.75, 3.05) is 18.4 Å². The highest BCUT2D eigenvalue weighted by Crippen LogP contribution is 2.25. The van der Waals surface area contributed by atoms with Gasteiger partial charge in [-0.1, -0.05) is 37.1 Å². The first-order chi connectivity index (χ1) is 17.0. The molecule has 9 heteroatoms. The summed E-state index contributed by atoms with van der Waals surface area (Å²) in [4.78, 5) is 13.0. The average Bonchev–Trinajstić information content (AvgIpc) is 3.13. The molecular weight excluding hydrogens is 462 g/mol. The molecule has 1 fully saturated rings. The Kier molecular flexibility index (Phi) is 6.97. The van der Waals surface area contributed by atoms with Crippen LogP contribution < -0.4 is 5.32 Å². The van der Waals surface area contributed by atoms with E-state index in [0.717, 1.165) is 67.8 Å². The molecule has 1 N–H and O–H groups in total. The van der Waals surface area contributed by atoms with Crippen LogP contribution in [0, 0.1) is 0 Å². The summed E-state index contributed by atoms with van der Waals surface area (Å²) in [7, 11) is -3.47. The van der Waals surface area contributed by atoms with Gasteiger partial charge in [-0.15, -0.1) is 10.2 Å². The summed E-state index contributed by atoms with van der Waals surface area (Å²) in [6.07, 6.45) is 7.44. The van der Waals surface area contributed by atoms with Gasteiger partial charge in [-0.3, -0.25) is 4.79 Å². The minimum atomic E-state index is -3.47. The van der Waals surface area contributed by atoms with Gasteiger partial charge in [0.2, 0.25) is 15.9 Å². The predicted octanol–water partition coefficient (Wildman–Crippen LogP) is 4.03. The van der Waals surface area contributed by atoms with Crippen LogP contribution >= 0.6 is 0 Å². The third kappa shape index (κ3) is 5.31. The average molecular weight is 494 g/mol. The van der Waals surface area contributed by atoms with E-state index < -0.39 is 10.0 Å². The van der Waals surface area contributed by atoms with Crippen LogP contribution in [0.1, 0.15) is 49.9 Å². The molecule has 35 heavy (non-hydrogen) atoms. The lowest BCUT2D eigenvalue weighted by Gasteiger charge is -2.25. The maximum atomic E-state index is 12.8. The van der Waals surface area contributed by atoms with Gasteiger partial charge in [-0.05, 0) is 55.5 Å². The summed E-state index contributed by atoms with van der Waals surface area (Å²) in [5, 5.41) is 11.7. The molecule has 2 aromatic carbocycles. The van der Waals surface area contributed by atoms with Crippen molar-refractivity contribution in [1.29, 1.82) is 0 Å². The quantitative estimate of drug-likeness (QED) is 0.559. The number of anilines is 1. The van der Waals surface area contributed by atoms with Gasteiger partial charge in [0.15, 0.2) is 5.82 Å². The van der Waals surface area contributed by atoms with Crippen molar-refractivity contribution in [1.82, 2.24) is 19.1 Å². The maximum absolute atomic E-state index is 12.8. The summed E-state index contributed by atoms with van der Waals surface area (Å²) in [5.74, 6) is 1.70.